The van der Waals surface area contributed by atoms with Crippen LogP contribution in [0.3, 0.4) is 0 Å². The number of fused-ring (bicyclic) bond motifs is 2. The Balaban J connectivity index is 1.31. The van der Waals surface area contributed by atoms with Crippen molar-refractivity contribution in [1.29, 1.82) is 0 Å². The first-order valence-electron chi connectivity index (χ1n) is 9.85. The van der Waals surface area contributed by atoms with Crippen LogP contribution in [0.1, 0.15) is 51.0 Å². The molecule has 1 heterocycles. The van der Waals surface area contributed by atoms with Crippen molar-refractivity contribution in [3.05, 3.63) is 35.9 Å². The molecule has 2 aliphatic carbocycles. The second-order valence-corrected chi connectivity index (χ2v) is 8.06. The summed E-state index contributed by atoms with van der Waals surface area (Å²) in [6.45, 7) is 7.29. The molecule has 3 atom stereocenters. The Morgan fingerprint density at radius 1 is 1.00 bits per heavy atom. The van der Waals surface area contributed by atoms with Gasteiger partial charge in [-0.05, 0) is 69.1 Å². The number of benzene rings is 1. The highest BCUT2D eigenvalue weighted by atomic mass is 15.2. The van der Waals surface area contributed by atoms with Gasteiger partial charge in [-0.15, -0.1) is 0 Å². The summed E-state index contributed by atoms with van der Waals surface area (Å²) in [6.07, 6.45) is 8.84. The van der Waals surface area contributed by atoms with E-state index in [9.17, 15) is 0 Å². The van der Waals surface area contributed by atoms with E-state index < -0.39 is 0 Å². The molecule has 1 aromatic rings. The first-order chi connectivity index (χ1) is 11.3. The summed E-state index contributed by atoms with van der Waals surface area (Å²) in [5, 5.41) is 0. The van der Waals surface area contributed by atoms with Crippen molar-refractivity contribution in [2.24, 2.45) is 11.8 Å². The van der Waals surface area contributed by atoms with Gasteiger partial charge in [0.2, 0.25) is 0 Å². The van der Waals surface area contributed by atoms with E-state index in [-0.39, 0.29) is 0 Å². The zero-order valence-corrected chi connectivity index (χ0v) is 14.7. The maximum Gasteiger partial charge on any atom is 0.0236 e. The van der Waals surface area contributed by atoms with Crippen molar-refractivity contribution in [2.75, 3.05) is 19.6 Å². The van der Waals surface area contributed by atoms with Gasteiger partial charge in [0.25, 0.3) is 0 Å². The van der Waals surface area contributed by atoms with Crippen molar-refractivity contribution in [3.8, 4) is 0 Å². The lowest BCUT2D eigenvalue weighted by atomic mass is 9.91. The van der Waals surface area contributed by atoms with E-state index in [1.807, 2.05) is 0 Å². The zero-order valence-electron chi connectivity index (χ0n) is 14.7. The van der Waals surface area contributed by atoms with Crippen LogP contribution in [-0.2, 0) is 6.54 Å². The predicted molar refractivity (Wildman–Crippen MR) is 96.4 cm³/mol. The molecule has 0 radical (unpaired) electrons. The third kappa shape index (κ3) is 3.34. The molecule has 2 heteroatoms. The second kappa shape index (κ2) is 6.94. The molecule has 2 bridgehead atoms. The van der Waals surface area contributed by atoms with Gasteiger partial charge in [0, 0.05) is 18.6 Å². The lowest BCUT2D eigenvalue weighted by Gasteiger charge is -2.42. The Morgan fingerprint density at radius 3 is 2.39 bits per heavy atom. The molecule has 2 nitrogen and oxygen atoms in total. The van der Waals surface area contributed by atoms with Crippen LogP contribution in [0.2, 0.25) is 0 Å². The SMILES string of the molecule is CCN(Cc1ccccc1)C1CCN([C@@H]2C[C@H]3CC[C@H]2C3)CC1. The van der Waals surface area contributed by atoms with Gasteiger partial charge < -0.3 is 0 Å². The summed E-state index contributed by atoms with van der Waals surface area (Å²) < 4.78 is 0. The number of hydrogen-bond donors (Lipinski definition) is 0. The van der Waals surface area contributed by atoms with Crippen LogP contribution in [0.5, 0.6) is 0 Å². The van der Waals surface area contributed by atoms with Gasteiger partial charge in [-0.1, -0.05) is 43.7 Å². The maximum absolute atomic E-state index is 2.86. The molecule has 0 N–H and O–H groups in total. The van der Waals surface area contributed by atoms with E-state index in [1.54, 1.807) is 6.42 Å². The van der Waals surface area contributed by atoms with Crippen LogP contribution in [0.15, 0.2) is 30.3 Å². The number of piperidine rings is 1. The number of rotatable bonds is 5. The number of hydrogen-bond acceptors (Lipinski definition) is 2. The van der Waals surface area contributed by atoms with E-state index in [4.69, 9.17) is 0 Å². The highest BCUT2D eigenvalue weighted by Gasteiger charge is 2.43. The van der Waals surface area contributed by atoms with E-state index >= 15 is 0 Å². The quantitative estimate of drug-likeness (QED) is 0.805. The average molecular weight is 313 g/mol. The fourth-order valence-electron chi connectivity index (χ4n) is 5.56. The summed E-state index contributed by atoms with van der Waals surface area (Å²) in [7, 11) is 0. The molecule has 0 unspecified atom stereocenters. The van der Waals surface area contributed by atoms with Crippen molar-refractivity contribution in [3.63, 3.8) is 0 Å². The number of nitrogens with zero attached hydrogens (tertiary/aromatic N) is 2. The van der Waals surface area contributed by atoms with E-state index in [1.165, 1.54) is 57.3 Å². The molecular weight excluding hydrogens is 280 g/mol. The zero-order chi connectivity index (χ0) is 15.6. The molecule has 3 aliphatic rings. The van der Waals surface area contributed by atoms with Gasteiger partial charge in [0.15, 0.2) is 0 Å². The fourth-order valence-corrected chi connectivity index (χ4v) is 5.56. The molecular formula is C21H32N2. The van der Waals surface area contributed by atoms with Crippen molar-refractivity contribution in [1.82, 2.24) is 9.80 Å². The van der Waals surface area contributed by atoms with E-state index in [0.717, 1.165) is 30.5 Å². The topological polar surface area (TPSA) is 6.48 Å². The van der Waals surface area contributed by atoms with E-state index in [2.05, 4.69) is 47.1 Å². The Labute approximate surface area is 141 Å². The molecule has 126 valence electrons. The van der Waals surface area contributed by atoms with Crippen LogP contribution < -0.4 is 0 Å². The highest BCUT2D eigenvalue weighted by Crippen LogP contribution is 2.47. The first kappa shape index (κ1) is 15.7. The Hall–Kier alpha value is -0.860. The van der Waals surface area contributed by atoms with Crippen molar-refractivity contribution < 1.29 is 0 Å². The third-order valence-electron chi connectivity index (χ3n) is 6.82. The molecule has 2 saturated carbocycles. The van der Waals surface area contributed by atoms with Gasteiger partial charge in [-0.3, -0.25) is 9.80 Å². The summed E-state index contributed by atoms with van der Waals surface area (Å²) in [5.74, 6) is 2.12. The van der Waals surface area contributed by atoms with E-state index in [0.29, 0.717) is 0 Å². The Kier molecular flexibility index (Phi) is 4.73. The number of likely N-dealkylation sites (tertiary alicyclic amines) is 1. The van der Waals surface area contributed by atoms with Gasteiger partial charge in [0.1, 0.15) is 0 Å². The molecule has 1 saturated heterocycles. The van der Waals surface area contributed by atoms with Crippen LogP contribution in [-0.4, -0.2) is 41.5 Å². The molecule has 0 amide bonds. The summed E-state index contributed by atoms with van der Waals surface area (Å²) in [4.78, 5) is 5.56. The molecule has 23 heavy (non-hydrogen) atoms. The molecule has 0 aromatic heterocycles. The van der Waals surface area contributed by atoms with Crippen LogP contribution in [0, 0.1) is 11.8 Å². The standard InChI is InChI=1S/C21H32N2/c1-2-22(16-17-6-4-3-5-7-17)20-10-12-23(13-11-20)21-15-18-8-9-19(21)14-18/h3-7,18-21H,2,8-16H2,1H3/t18-,19-,21+/m0/s1. The Morgan fingerprint density at radius 2 is 1.78 bits per heavy atom. The monoisotopic (exact) mass is 312 g/mol. The molecule has 4 rings (SSSR count). The maximum atomic E-state index is 2.86. The van der Waals surface area contributed by atoms with Crippen molar-refractivity contribution >= 4 is 0 Å². The molecule has 1 aliphatic heterocycles. The minimum Gasteiger partial charge on any atom is -0.300 e. The van der Waals surface area contributed by atoms with Crippen LogP contribution >= 0.6 is 0 Å². The molecule has 1 aromatic carbocycles. The molecule has 0 spiro atoms. The van der Waals surface area contributed by atoms with Crippen LogP contribution in [0.25, 0.3) is 0 Å². The minimum absolute atomic E-state index is 0.787. The smallest absolute Gasteiger partial charge is 0.0236 e. The van der Waals surface area contributed by atoms with Gasteiger partial charge >= 0.3 is 0 Å². The summed E-state index contributed by atoms with van der Waals surface area (Å²) in [5.41, 5.74) is 1.46. The second-order valence-electron chi connectivity index (χ2n) is 8.06. The largest absolute Gasteiger partial charge is 0.300 e. The minimum atomic E-state index is 0.787. The predicted octanol–water partition coefficient (Wildman–Crippen LogP) is 4.16. The first-order valence-corrected chi connectivity index (χ1v) is 9.85. The lowest BCUT2D eigenvalue weighted by molar-refractivity contribution is 0.0631. The third-order valence-corrected chi connectivity index (χ3v) is 6.82. The average Bonchev–Trinajstić information content (AvgIpc) is 3.24. The van der Waals surface area contributed by atoms with Crippen molar-refractivity contribution in [2.45, 2.75) is 64.1 Å². The summed E-state index contributed by atoms with van der Waals surface area (Å²) in [6, 6.07) is 12.7. The Bertz CT molecular complexity index is 492. The summed E-state index contributed by atoms with van der Waals surface area (Å²) >= 11 is 0. The molecule has 3 fully saturated rings. The van der Waals surface area contributed by atoms with Gasteiger partial charge in [-0.2, -0.15) is 0 Å². The van der Waals surface area contributed by atoms with Gasteiger partial charge in [-0.25, -0.2) is 0 Å². The van der Waals surface area contributed by atoms with Crippen LogP contribution in [0.4, 0.5) is 0 Å². The fraction of sp³-hybridized carbons (Fsp3) is 0.714. The van der Waals surface area contributed by atoms with Gasteiger partial charge in [0.05, 0.1) is 0 Å². The highest BCUT2D eigenvalue weighted by molar-refractivity contribution is 5.14. The normalized spacial score (nSPS) is 32.0. The lowest BCUT2D eigenvalue weighted by Crippen LogP contribution is -2.49.